The first kappa shape index (κ1) is 16.8. The quantitative estimate of drug-likeness (QED) is 0.525. The summed E-state index contributed by atoms with van der Waals surface area (Å²) in [6.07, 6.45) is 3.45. The molecule has 0 bridgehead atoms. The Hall–Kier alpha value is -3.60. The Labute approximate surface area is 157 Å². The first-order valence-corrected chi connectivity index (χ1v) is 8.67. The Morgan fingerprint density at radius 2 is 1.74 bits per heavy atom. The molecule has 0 saturated heterocycles. The fourth-order valence-corrected chi connectivity index (χ4v) is 3.00. The molecule has 0 spiro atoms. The van der Waals surface area contributed by atoms with Crippen molar-refractivity contribution >= 4 is 28.2 Å². The number of nitrogens with one attached hydrogen (secondary N) is 1. The molecular formula is C22H18N4O. The molecule has 4 aromatic rings. The summed E-state index contributed by atoms with van der Waals surface area (Å²) < 4.78 is 0. The van der Waals surface area contributed by atoms with Crippen molar-refractivity contribution in [1.29, 1.82) is 0 Å². The number of carbonyl (C=O) groups is 1. The average molecular weight is 354 g/mol. The summed E-state index contributed by atoms with van der Waals surface area (Å²) in [6, 6.07) is 17.3. The van der Waals surface area contributed by atoms with Crippen LogP contribution in [0.15, 0.2) is 67.0 Å². The zero-order chi connectivity index (χ0) is 18.8. The van der Waals surface area contributed by atoms with Gasteiger partial charge in [0.2, 0.25) is 0 Å². The van der Waals surface area contributed by atoms with E-state index in [1.54, 1.807) is 19.3 Å². The zero-order valence-corrected chi connectivity index (χ0v) is 15.1. The average Bonchev–Trinajstić information content (AvgIpc) is 2.68. The molecule has 0 aliphatic carbocycles. The van der Waals surface area contributed by atoms with Crippen molar-refractivity contribution in [3.05, 3.63) is 78.1 Å². The number of aryl methyl sites for hydroxylation is 1. The minimum absolute atomic E-state index is 0.0340. The third-order valence-corrected chi connectivity index (χ3v) is 4.29. The summed E-state index contributed by atoms with van der Waals surface area (Å²) in [5.74, 6) is 1.36. The Morgan fingerprint density at radius 3 is 2.52 bits per heavy atom. The van der Waals surface area contributed by atoms with E-state index < -0.39 is 0 Å². The predicted molar refractivity (Wildman–Crippen MR) is 107 cm³/mol. The maximum absolute atomic E-state index is 11.8. The van der Waals surface area contributed by atoms with Crippen molar-refractivity contribution in [2.45, 2.75) is 13.8 Å². The molecule has 27 heavy (non-hydrogen) atoms. The van der Waals surface area contributed by atoms with Crippen LogP contribution in [0.5, 0.6) is 0 Å². The Bertz CT molecular complexity index is 1140. The number of nitrogens with zero attached hydrogens (tertiary/aromatic N) is 3. The van der Waals surface area contributed by atoms with E-state index in [0.29, 0.717) is 17.2 Å². The van der Waals surface area contributed by atoms with Gasteiger partial charge >= 0.3 is 0 Å². The molecule has 0 unspecified atom stereocenters. The molecule has 0 aliphatic heterocycles. The van der Waals surface area contributed by atoms with Gasteiger partial charge < -0.3 is 5.32 Å². The van der Waals surface area contributed by atoms with Crippen molar-refractivity contribution in [3.8, 4) is 11.4 Å². The molecule has 5 heteroatoms. The smallest absolute Gasteiger partial charge is 0.162 e. The molecule has 0 radical (unpaired) electrons. The molecule has 0 amide bonds. The van der Waals surface area contributed by atoms with Crippen molar-refractivity contribution in [2.24, 2.45) is 0 Å². The number of rotatable bonds is 4. The number of hydrogen-bond acceptors (Lipinski definition) is 5. The third-order valence-electron chi connectivity index (χ3n) is 4.29. The highest BCUT2D eigenvalue weighted by atomic mass is 16.1. The lowest BCUT2D eigenvalue weighted by Crippen LogP contribution is -2.01. The van der Waals surface area contributed by atoms with E-state index in [4.69, 9.17) is 4.98 Å². The fraction of sp³-hybridized carbons (Fsp3) is 0.0909. The predicted octanol–water partition coefficient (Wildman–Crippen LogP) is 4.95. The van der Waals surface area contributed by atoms with Gasteiger partial charge in [-0.25, -0.2) is 9.97 Å². The summed E-state index contributed by atoms with van der Waals surface area (Å²) in [7, 11) is 0. The molecular weight excluding hydrogens is 336 g/mol. The summed E-state index contributed by atoms with van der Waals surface area (Å²) >= 11 is 0. The Kier molecular flexibility index (Phi) is 4.34. The highest BCUT2D eigenvalue weighted by Gasteiger charge is 2.11. The summed E-state index contributed by atoms with van der Waals surface area (Å²) in [6.45, 7) is 3.54. The minimum atomic E-state index is 0.0340. The van der Waals surface area contributed by atoms with Crippen LogP contribution in [0.3, 0.4) is 0 Å². The molecule has 0 aliphatic rings. The van der Waals surface area contributed by atoms with Gasteiger partial charge in [0, 0.05) is 34.6 Å². The van der Waals surface area contributed by atoms with Crippen LogP contribution in [0.1, 0.15) is 22.8 Å². The van der Waals surface area contributed by atoms with Gasteiger partial charge in [-0.1, -0.05) is 12.1 Å². The Morgan fingerprint density at radius 1 is 0.963 bits per heavy atom. The number of carbonyl (C=O) groups excluding carboxylic acids is 1. The third kappa shape index (κ3) is 3.53. The van der Waals surface area contributed by atoms with Crippen LogP contribution in [0.2, 0.25) is 0 Å². The van der Waals surface area contributed by atoms with Crippen molar-refractivity contribution in [1.82, 2.24) is 15.0 Å². The van der Waals surface area contributed by atoms with Gasteiger partial charge in [0.25, 0.3) is 0 Å². The van der Waals surface area contributed by atoms with Gasteiger partial charge in [-0.15, -0.1) is 0 Å². The number of benzene rings is 2. The van der Waals surface area contributed by atoms with Gasteiger partial charge in [0.15, 0.2) is 11.6 Å². The number of para-hydroxylation sites is 1. The molecule has 0 fully saturated rings. The van der Waals surface area contributed by atoms with E-state index in [2.05, 4.69) is 15.3 Å². The second kappa shape index (κ2) is 6.96. The van der Waals surface area contributed by atoms with Crippen LogP contribution in [-0.2, 0) is 0 Å². The van der Waals surface area contributed by atoms with Crippen LogP contribution in [0, 0.1) is 6.92 Å². The topological polar surface area (TPSA) is 67.8 Å². The maximum Gasteiger partial charge on any atom is 0.162 e. The number of Topliss-reactive ketones (excluding diaryl/α,β-unsaturated/α-hetero) is 1. The lowest BCUT2D eigenvalue weighted by atomic mass is 10.1. The van der Waals surface area contributed by atoms with Crippen LogP contribution in [0.4, 0.5) is 11.5 Å². The van der Waals surface area contributed by atoms with Gasteiger partial charge in [0.1, 0.15) is 5.82 Å². The monoisotopic (exact) mass is 354 g/mol. The number of aromatic nitrogens is 3. The minimum Gasteiger partial charge on any atom is -0.340 e. The number of anilines is 2. The normalized spacial score (nSPS) is 10.7. The lowest BCUT2D eigenvalue weighted by Gasteiger charge is -2.12. The van der Waals surface area contributed by atoms with Gasteiger partial charge in [-0.2, -0.15) is 0 Å². The second-order valence-corrected chi connectivity index (χ2v) is 6.42. The van der Waals surface area contributed by atoms with Crippen molar-refractivity contribution < 1.29 is 4.79 Å². The number of pyridine rings is 1. The fourth-order valence-electron chi connectivity index (χ4n) is 3.00. The van der Waals surface area contributed by atoms with E-state index in [9.17, 15) is 4.79 Å². The second-order valence-electron chi connectivity index (χ2n) is 6.42. The number of hydrogen-bond donors (Lipinski definition) is 1. The van der Waals surface area contributed by atoms with Crippen LogP contribution < -0.4 is 5.32 Å². The zero-order valence-electron chi connectivity index (χ0n) is 15.1. The molecule has 132 valence electrons. The van der Waals surface area contributed by atoms with E-state index in [0.717, 1.165) is 27.7 Å². The molecule has 1 N–H and O–H groups in total. The van der Waals surface area contributed by atoms with E-state index in [1.807, 2.05) is 61.5 Å². The lowest BCUT2D eigenvalue weighted by molar-refractivity contribution is 0.101. The SMILES string of the molecule is CC(=O)c1cc(C)cc(Nc2nc(-c3ccncc3)nc3ccccc23)c1. The number of ketones is 1. The summed E-state index contributed by atoms with van der Waals surface area (Å²) in [5.41, 5.74) is 4.25. The molecule has 2 heterocycles. The highest BCUT2D eigenvalue weighted by molar-refractivity contribution is 5.96. The van der Waals surface area contributed by atoms with E-state index in [-0.39, 0.29) is 5.78 Å². The first-order valence-electron chi connectivity index (χ1n) is 8.67. The van der Waals surface area contributed by atoms with Gasteiger partial charge in [-0.05, 0) is 61.9 Å². The molecule has 5 nitrogen and oxygen atoms in total. The maximum atomic E-state index is 11.8. The highest BCUT2D eigenvalue weighted by Crippen LogP contribution is 2.28. The van der Waals surface area contributed by atoms with Crippen LogP contribution in [0.25, 0.3) is 22.3 Å². The van der Waals surface area contributed by atoms with Crippen molar-refractivity contribution in [2.75, 3.05) is 5.32 Å². The molecule has 0 atom stereocenters. The number of fused-ring (bicyclic) bond motifs is 1. The molecule has 4 rings (SSSR count). The van der Waals surface area contributed by atoms with Crippen molar-refractivity contribution in [3.63, 3.8) is 0 Å². The largest absolute Gasteiger partial charge is 0.340 e. The Balaban J connectivity index is 1.85. The molecule has 2 aromatic carbocycles. The van der Waals surface area contributed by atoms with Crippen LogP contribution in [-0.4, -0.2) is 20.7 Å². The van der Waals surface area contributed by atoms with Gasteiger partial charge in [-0.3, -0.25) is 9.78 Å². The van der Waals surface area contributed by atoms with Crippen LogP contribution >= 0.6 is 0 Å². The standard InChI is InChI=1S/C22H18N4O/c1-14-11-17(15(2)27)13-18(12-14)24-22-19-5-3-4-6-20(19)25-21(26-22)16-7-9-23-10-8-16/h3-13H,1-2H3,(H,24,25,26). The van der Waals surface area contributed by atoms with E-state index in [1.165, 1.54) is 0 Å². The molecule has 2 aromatic heterocycles. The summed E-state index contributed by atoms with van der Waals surface area (Å²) in [4.78, 5) is 25.3. The first-order chi connectivity index (χ1) is 13.1. The molecule has 0 saturated carbocycles. The summed E-state index contributed by atoms with van der Waals surface area (Å²) in [5, 5.41) is 4.29. The van der Waals surface area contributed by atoms with E-state index >= 15 is 0 Å². The van der Waals surface area contributed by atoms with Gasteiger partial charge in [0.05, 0.1) is 5.52 Å².